The molecule has 1 N–H and O–H groups in total. The second-order valence-electron chi connectivity index (χ2n) is 6.53. The van der Waals surface area contributed by atoms with Gasteiger partial charge >= 0.3 is 0 Å². The van der Waals surface area contributed by atoms with Crippen LogP contribution in [0, 0.1) is 11.3 Å². The lowest BCUT2D eigenvalue weighted by atomic mass is 9.75. The number of piperidine rings is 2. The molecule has 0 aromatic rings. The number of hydrogen-bond donors (Lipinski definition) is 1. The first-order valence-corrected chi connectivity index (χ1v) is 8.21. The van der Waals surface area contributed by atoms with Gasteiger partial charge in [-0.15, -0.1) is 0 Å². The van der Waals surface area contributed by atoms with Gasteiger partial charge in [-0.2, -0.15) is 0 Å². The fourth-order valence-corrected chi connectivity index (χ4v) is 3.91. The molecule has 20 heavy (non-hydrogen) atoms. The quantitative estimate of drug-likeness (QED) is 0.839. The van der Waals surface area contributed by atoms with Crippen LogP contribution in [0.1, 0.15) is 45.4 Å². The highest BCUT2D eigenvalue weighted by molar-refractivity contribution is 5.83. The molecular formula is C16H30N2O2. The minimum absolute atomic E-state index is 0.137. The molecule has 0 spiro atoms. The van der Waals surface area contributed by atoms with Crippen LogP contribution in [0.25, 0.3) is 0 Å². The van der Waals surface area contributed by atoms with Crippen molar-refractivity contribution in [1.82, 2.24) is 10.2 Å². The van der Waals surface area contributed by atoms with Crippen LogP contribution in [0.2, 0.25) is 0 Å². The van der Waals surface area contributed by atoms with Gasteiger partial charge in [0.1, 0.15) is 0 Å². The summed E-state index contributed by atoms with van der Waals surface area (Å²) >= 11 is 0. The first-order chi connectivity index (χ1) is 9.72. The predicted molar refractivity (Wildman–Crippen MR) is 80.6 cm³/mol. The number of nitrogens with one attached hydrogen (secondary N) is 1. The number of rotatable bonds is 5. The van der Waals surface area contributed by atoms with Gasteiger partial charge in [0.05, 0.1) is 12.0 Å². The summed E-state index contributed by atoms with van der Waals surface area (Å²) in [5.41, 5.74) is -0.137. The number of ether oxygens (including phenoxy) is 1. The molecule has 0 radical (unpaired) electrons. The highest BCUT2D eigenvalue weighted by Crippen LogP contribution is 2.35. The summed E-state index contributed by atoms with van der Waals surface area (Å²) in [7, 11) is 1.75. The average molecular weight is 282 g/mol. The maximum absolute atomic E-state index is 13.1. The lowest BCUT2D eigenvalue weighted by Gasteiger charge is -2.42. The monoisotopic (exact) mass is 282 g/mol. The summed E-state index contributed by atoms with van der Waals surface area (Å²) in [6, 6.07) is 0. The van der Waals surface area contributed by atoms with Gasteiger partial charge in [0.15, 0.2) is 0 Å². The second kappa shape index (κ2) is 7.41. The van der Waals surface area contributed by atoms with Gasteiger partial charge in [-0.1, -0.05) is 13.3 Å². The van der Waals surface area contributed by atoms with Crippen LogP contribution in [-0.2, 0) is 9.53 Å². The molecule has 0 aliphatic carbocycles. The van der Waals surface area contributed by atoms with Crippen LogP contribution >= 0.6 is 0 Å². The van der Waals surface area contributed by atoms with Gasteiger partial charge in [0.2, 0.25) is 5.91 Å². The van der Waals surface area contributed by atoms with Crippen molar-refractivity contribution in [2.75, 3.05) is 39.9 Å². The van der Waals surface area contributed by atoms with Crippen LogP contribution in [0.5, 0.6) is 0 Å². The van der Waals surface area contributed by atoms with Gasteiger partial charge in [0, 0.05) is 26.7 Å². The van der Waals surface area contributed by atoms with Crippen molar-refractivity contribution in [2.24, 2.45) is 11.3 Å². The molecule has 4 heteroatoms. The standard InChI is InChI=1S/C16H30N2O2/c1-3-7-16(8-5-9-17-13-16)15(19)18-10-4-6-14(11-18)12-20-2/h14,17H,3-13H2,1-2H3. The zero-order chi connectivity index (χ0) is 14.4. The van der Waals surface area contributed by atoms with E-state index < -0.39 is 0 Å². The third-order valence-corrected chi connectivity index (χ3v) is 4.86. The average Bonchev–Trinajstić information content (AvgIpc) is 2.48. The van der Waals surface area contributed by atoms with E-state index in [4.69, 9.17) is 4.74 Å². The zero-order valence-electron chi connectivity index (χ0n) is 13.1. The topological polar surface area (TPSA) is 41.6 Å². The van der Waals surface area contributed by atoms with E-state index in [2.05, 4.69) is 17.1 Å². The Balaban J connectivity index is 2.02. The molecule has 2 heterocycles. The van der Waals surface area contributed by atoms with E-state index in [1.807, 2.05) is 0 Å². The summed E-state index contributed by atoms with van der Waals surface area (Å²) in [6.07, 6.45) is 6.60. The van der Waals surface area contributed by atoms with Crippen LogP contribution < -0.4 is 5.32 Å². The van der Waals surface area contributed by atoms with E-state index in [-0.39, 0.29) is 5.41 Å². The van der Waals surface area contributed by atoms with Crippen LogP contribution in [-0.4, -0.2) is 50.7 Å². The Kier molecular flexibility index (Phi) is 5.85. The minimum Gasteiger partial charge on any atom is -0.384 e. The first kappa shape index (κ1) is 15.8. The van der Waals surface area contributed by atoms with Crippen molar-refractivity contribution >= 4 is 5.91 Å². The fourth-order valence-electron chi connectivity index (χ4n) is 3.91. The molecule has 0 aromatic heterocycles. The maximum atomic E-state index is 13.1. The van der Waals surface area contributed by atoms with E-state index in [0.717, 1.165) is 64.9 Å². The Morgan fingerprint density at radius 2 is 2.30 bits per heavy atom. The van der Waals surface area contributed by atoms with Gasteiger partial charge in [-0.3, -0.25) is 4.79 Å². The lowest BCUT2D eigenvalue weighted by molar-refractivity contribution is -0.146. The van der Waals surface area contributed by atoms with Gasteiger partial charge in [0.25, 0.3) is 0 Å². The molecular weight excluding hydrogens is 252 g/mol. The number of amides is 1. The number of carbonyl (C=O) groups excluding carboxylic acids is 1. The summed E-state index contributed by atoms with van der Waals surface area (Å²) in [4.78, 5) is 15.2. The summed E-state index contributed by atoms with van der Waals surface area (Å²) in [5.74, 6) is 0.917. The van der Waals surface area contributed by atoms with Gasteiger partial charge in [-0.25, -0.2) is 0 Å². The molecule has 0 aromatic carbocycles. The molecule has 2 rings (SSSR count). The fraction of sp³-hybridized carbons (Fsp3) is 0.938. The molecule has 0 bridgehead atoms. The molecule has 1 amide bonds. The van der Waals surface area contributed by atoms with E-state index >= 15 is 0 Å². The van der Waals surface area contributed by atoms with Crippen molar-refractivity contribution in [3.8, 4) is 0 Å². The highest BCUT2D eigenvalue weighted by Gasteiger charge is 2.42. The molecule has 116 valence electrons. The second-order valence-corrected chi connectivity index (χ2v) is 6.53. The summed E-state index contributed by atoms with van der Waals surface area (Å²) in [5, 5.41) is 3.44. The van der Waals surface area contributed by atoms with Gasteiger partial charge < -0.3 is 15.0 Å². The van der Waals surface area contributed by atoms with Crippen molar-refractivity contribution in [1.29, 1.82) is 0 Å². The molecule has 2 fully saturated rings. The molecule has 2 saturated heterocycles. The van der Waals surface area contributed by atoms with Gasteiger partial charge in [-0.05, 0) is 44.6 Å². The predicted octanol–water partition coefficient (Wildman–Crippen LogP) is 2.04. The Morgan fingerprint density at radius 3 is 2.95 bits per heavy atom. The largest absolute Gasteiger partial charge is 0.384 e. The first-order valence-electron chi connectivity index (χ1n) is 8.21. The minimum atomic E-state index is -0.137. The van der Waals surface area contributed by atoms with Crippen molar-refractivity contribution < 1.29 is 9.53 Å². The van der Waals surface area contributed by atoms with E-state index in [0.29, 0.717) is 11.8 Å². The van der Waals surface area contributed by atoms with E-state index in [1.165, 1.54) is 6.42 Å². The number of nitrogens with zero attached hydrogens (tertiary/aromatic N) is 1. The highest BCUT2D eigenvalue weighted by atomic mass is 16.5. The molecule has 0 saturated carbocycles. The molecule has 2 atom stereocenters. The molecule has 4 nitrogen and oxygen atoms in total. The normalized spacial score (nSPS) is 31.3. The Labute approximate surface area is 123 Å². The number of methoxy groups -OCH3 is 1. The third kappa shape index (κ3) is 3.53. The lowest BCUT2D eigenvalue weighted by Crippen LogP contribution is -2.54. The van der Waals surface area contributed by atoms with Crippen LogP contribution in [0.3, 0.4) is 0 Å². The molecule has 2 unspecified atom stereocenters. The molecule has 2 aliphatic heterocycles. The summed E-state index contributed by atoms with van der Waals surface area (Å²) < 4.78 is 5.28. The number of likely N-dealkylation sites (tertiary alicyclic amines) is 1. The molecule has 2 aliphatic rings. The summed E-state index contributed by atoms with van der Waals surface area (Å²) in [6.45, 7) is 6.72. The SMILES string of the molecule is CCCC1(C(=O)N2CCCC(COC)C2)CCCNC1. The van der Waals surface area contributed by atoms with E-state index in [9.17, 15) is 4.79 Å². The number of hydrogen-bond acceptors (Lipinski definition) is 3. The smallest absolute Gasteiger partial charge is 0.230 e. The Morgan fingerprint density at radius 1 is 1.45 bits per heavy atom. The Bertz CT molecular complexity index is 306. The van der Waals surface area contributed by atoms with Crippen molar-refractivity contribution in [2.45, 2.75) is 45.4 Å². The van der Waals surface area contributed by atoms with Crippen molar-refractivity contribution in [3.63, 3.8) is 0 Å². The van der Waals surface area contributed by atoms with Crippen LogP contribution in [0.4, 0.5) is 0 Å². The zero-order valence-corrected chi connectivity index (χ0v) is 13.1. The number of carbonyl (C=O) groups is 1. The maximum Gasteiger partial charge on any atom is 0.230 e. The third-order valence-electron chi connectivity index (χ3n) is 4.86. The van der Waals surface area contributed by atoms with Crippen molar-refractivity contribution in [3.05, 3.63) is 0 Å². The Hall–Kier alpha value is -0.610. The van der Waals surface area contributed by atoms with E-state index in [1.54, 1.807) is 7.11 Å². The van der Waals surface area contributed by atoms with Crippen LogP contribution in [0.15, 0.2) is 0 Å².